The van der Waals surface area contributed by atoms with Crippen LogP contribution in [0.1, 0.15) is 28.8 Å². The number of nitrogens with zero attached hydrogens (tertiary/aromatic N) is 1. The minimum absolute atomic E-state index is 0.000295. The van der Waals surface area contributed by atoms with Crippen LogP contribution in [0.5, 0.6) is 11.5 Å². The van der Waals surface area contributed by atoms with Crippen LogP contribution in [-0.2, 0) is 0 Å². The molecule has 3 N–H and O–H groups in total. The standard InChI is InChI=1S/C16H16N2O5/c1-23-13-7-6-11-12(19)8-17-15(14(11)16(13)20)9-2-4-10(5-3-9)18(21)22/h2-7,12,15,17,19-20H,8H2,1H3. The Morgan fingerprint density at radius 1 is 1.26 bits per heavy atom. The number of nitro benzene ring substituents is 1. The Balaban J connectivity index is 2.09. The van der Waals surface area contributed by atoms with Crippen LogP contribution in [0.15, 0.2) is 36.4 Å². The largest absolute Gasteiger partial charge is 0.504 e. The van der Waals surface area contributed by atoms with E-state index in [4.69, 9.17) is 4.74 Å². The smallest absolute Gasteiger partial charge is 0.269 e. The van der Waals surface area contributed by atoms with Gasteiger partial charge in [0, 0.05) is 24.2 Å². The molecule has 0 fully saturated rings. The molecule has 0 bridgehead atoms. The van der Waals surface area contributed by atoms with Gasteiger partial charge in [-0.05, 0) is 17.2 Å². The van der Waals surface area contributed by atoms with Gasteiger partial charge in [-0.2, -0.15) is 0 Å². The average molecular weight is 316 g/mol. The summed E-state index contributed by atoms with van der Waals surface area (Å²) >= 11 is 0. The molecule has 0 amide bonds. The number of benzene rings is 2. The van der Waals surface area contributed by atoms with Gasteiger partial charge in [-0.1, -0.05) is 18.2 Å². The zero-order valence-corrected chi connectivity index (χ0v) is 12.4. The molecule has 7 heteroatoms. The summed E-state index contributed by atoms with van der Waals surface area (Å²) < 4.78 is 5.13. The molecule has 2 aromatic carbocycles. The molecule has 2 aromatic rings. The molecule has 7 nitrogen and oxygen atoms in total. The number of methoxy groups -OCH3 is 1. The summed E-state index contributed by atoms with van der Waals surface area (Å²) in [6.45, 7) is 0.320. The summed E-state index contributed by atoms with van der Waals surface area (Å²) in [5, 5.41) is 34.5. The van der Waals surface area contributed by atoms with Crippen LogP contribution in [0.3, 0.4) is 0 Å². The number of phenols is 1. The summed E-state index contributed by atoms with van der Waals surface area (Å²) in [5.74, 6) is 0.270. The van der Waals surface area contributed by atoms with E-state index in [1.807, 2.05) is 0 Å². The van der Waals surface area contributed by atoms with Crippen molar-refractivity contribution in [2.24, 2.45) is 0 Å². The lowest BCUT2D eigenvalue weighted by molar-refractivity contribution is -0.384. The Hall–Kier alpha value is -2.64. The molecule has 1 heterocycles. The van der Waals surface area contributed by atoms with Gasteiger partial charge >= 0.3 is 0 Å². The van der Waals surface area contributed by atoms with Crippen LogP contribution in [0.25, 0.3) is 0 Å². The van der Waals surface area contributed by atoms with E-state index in [0.29, 0.717) is 23.4 Å². The van der Waals surface area contributed by atoms with Gasteiger partial charge in [0.05, 0.1) is 24.2 Å². The molecule has 0 radical (unpaired) electrons. The molecule has 120 valence electrons. The lowest BCUT2D eigenvalue weighted by Gasteiger charge is -2.31. The van der Waals surface area contributed by atoms with Crippen LogP contribution in [0, 0.1) is 10.1 Å². The van der Waals surface area contributed by atoms with Crippen molar-refractivity contribution in [3.8, 4) is 11.5 Å². The highest BCUT2D eigenvalue weighted by Gasteiger charge is 2.31. The maximum absolute atomic E-state index is 10.8. The highest BCUT2D eigenvalue weighted by molar-refractivity contribution is 5.56. The van der Waals surface area contributed by atoms with E-state index in [-0.39, 0.29) is 17.5 Å². The van der Waals surface area contributed by atoms with E-state index in [1.165, 1.54) is 19.2 Å². The maximum Gasteiger partial charge on any atom is 0.269 e. The second-order valence-corrected chi connectivity index (χ2v) is 5.33. The SMILES string of the molecule is COc1ccc2c(c1O)C(c1ccc([N+](=O)[O-])cc1)NCC2O. The Bertz CT molecular complexity index is 745. The van der Waals surface area contributed by atoms with Crippen molar-refractivity contribution in [3.05, 3.63) is 63.2 Å². The third-order valence-electron chi connectivity index (χ3n) is 4.03. The number of nitrogens with one attached hydrogen (secondary N) is 1. The van der Waals surface area contributed by atoms with Gasteiger partial charge < -0.3 is 20.3 Å². The molecular formula is C16H16N2O5. The average Bonchev–Trinajstić information content (AvgIpc) is 2.56. The number of aliphatic hydroxyl groups is 1. The minimum atomic E-state index is -0.740. The predicted octanol–water partition coefficient (Wildman–Crippen LogP) is 2.03. The van der Waals surface area contributed by atoms with Crippen LogP contribution >= 0.6 is 0 Å². The van der Waals surface area contributed by atoms with E-state index in [2.05, 4.69) is 5.32 Å². The molecule has 2 unspecified atom stereocenters. The van der Waals surface area contributed by atoms with Crippen molar-refractivity contribution in [1.29, 1.82) is 0 Å². The summed E-state index contributed by atoms with van der Waals surface area (Å²) in [6, 6.07) is 9.04. The first-order valence-electron chi connectivity index (χ1n) is 7.08. The van der Waals surface area contributed by atoms with E-state index < -0.39 is 11.0 Å². The van der Waals surface area contributed by atoms with Crippen LogP contribution in [0.2, 0.25) is 0 Å². The van der Waals surface area contributed by atoms with Gasteiger partial charge in [-0.3, -0.25) is 10.1 Å². The van der Waals surface area contributed by atoms with E-state index >= 15 is 0 Å². The number of β-amino-alcohol motifs (C(OH)–C–C–N with tert-alkyl or cyclic N) is 1. The number of hydrogen-bond donors (Lipinski definition) is 3. The third-order valence-corrected chi connectivity index (χ3v) is 4.03. The van der Waals surface area contributed by atoms with Crippen molar-refractivity contribution in [2.75, 3.05) is 13.7 Å². The van der Waals surface area contributed by atoms with Gasteiger partial charge in [0.15, 0.2) is 11.5 Å². The number of ether oxygens (including phenoxy) is 1. The van der Waals surface area contributed by atoms with Gasteiger partial charge in [-0.25, -0.2) is 0 Å². The lowest BCUT2D eigenvalue weighted by atomic mass is 9.87. The normalized spacial score (nSPS) is 19.9. The van der Waals surface area contributed by atoms with E-state index in [0.717, 1.165) is 5.56 Å². The topological polar surface area (TPSA) is 105 Å². The molecule has 0 saturated carbocycles. The number of nitro groups is 1. The molecule has 0 aliphatic carbocycles. The minimum Gasteiger partial charge on any atom is -0.504 e. The zero-order chi connectivity index (χ0) is 16.6. The molecule has 1 aliphatic rings. The first-order valence-corrected chi connectivity index (χ1v) is 7.08. The van der Waals surface area contributed by atoms with E-state index in [9.17, 15) is 20.3 Å². The Labute approximate surface area is 132 Å². The molecule has 0 saturated heterocycles. The number of fused-ring (bicyclic) bond motifs is 1. The summed E-state index contributed by atoms with van der Waals surface area (Å²) in [6.07, 6.45) is -0.740. The Kier molecular flexibility index (Phi) is 3.89. The fraction of sp³-hybridized carbons (Fsp3) is 0.250. The van der Waals surface area contributed by atoms with Crippen LogP contribution in [-0.4, -0.2) is 28.8 Å². The molecule has 23 heavy (non-hydrogen) atoms. The molecule has 0 spiro atoms. The van der Waals surface area contributed by atoms with Gasteiger partial charge in [0.2, 0.25) is 0 Å². The number of rotatable bonds is 3. The molecule has 1 aliphatic heterocycles. The summed E-state index contributed by atoms with van der Waals surface area (Å²) in [4.78, 5) is 10.3. The first-order chi connectivity index (χ1) is 11.0. The summed E-state index contributed by atoms with van der Waals surface area (Å²) in [7, 11) is 1.45. The highest BCUT2D eigenvalue weighted by Crippen LogP contribution is 2.43. The third kappa shape index (κ3) is 2.60. The highest BCUT2D eigenvalue weighted by atomic mass is 16.6. The molecule has 2 atom stereocenters. The van der Waals surface area contributed by atoms with Gasteiger partial charge in [-0.15, -0.1) is 0 Å². The molecule has 0 aromatic heterocycles. The van der Waals surface area contributed by atoms with Crippen molar-refractivity contribution in [2.45, 2.75) is 12.1 Å². The van der Waals surface area contributed by atoms with E-state index in [1.54, 1.807) is 24.3 Å². The van der Waals surface area contributed by atoms with Gasteiger partial charge in [0.25, 0.3) is 5.69 Å². The molecule has 3 rings (SSSR count). The number of hydrogen-bond acceptors (Lipinski definition) is 6. The predicted molar refractivity (Wildman–Crippen MR) is 82.6 cm³/mol. The number of phenolic OH excluding ortho intramolecular Hbond substituents is 1. The quantitative estimate of drug-likeness (QED) is 0.591. The number of aromatic hydroxyl groups is 1. The Morgan fingerprint density at radius 2 is 1.96 bits per heavy atom. The lowest BCUT2D eigenvalue weighted by Crippen LogP contribution is -2.33. The monoisotopic (exact) mass is 316 g/mol. The molecular weight excluding hydrogens is 300 g/mol. The van der Waals surface area contributed by atoms with Crippen molar-refractivity contribution >= 4 is 5.69 Å². The van der Waals surface area contributed by atoms with Gasteiger partial charge in [0.1, 0.15) is 0 Å². The second kappa shape index (κ2) is 5.86. The zero-order valence-electron chi connectivity index (χ0n) is 12.4. The van der Waals surface area contributed by atoms with Crippen molar-refractivity contribution in [3.63, 3.8) is 0 Å². The van der Waals surface area contributed by atoms with Crippen molar-refractivity contribution in [1.82, 2.24) is 5.32 Å². The fourth-order valence-corrected chi connectivity index (χ4v) is 2.88. The van der Waals surface area contributed by atoms with Crippen LogP contribution in [0.4, 0.5) is 5.69 Å². The van der Waals surface area contributed by atoms with Crippen molar-refractivity contribution < 1.29 is 19.9 Å². The maximum atomic E-state index is 10.8. The number of non-ortho nitro benzene ring substituents is 1. The Morgan fingerprint density at radius 3 is 2.57 bits per heavy atom. The number of aliphatic hydroxyl groups excluding tert-OH is 1. The first kappa shape index (κ1) is 15.3. The second-order valence-electron chi connectivity index (χ2n) is 5.33. The van der Waals surface area contributed by atoms with Crippen LogP contribution < -0.4 is 10.1 Å². The summed E-state index contributed by atoms with van der Waals surface area (Å²) in [5.41, 5.74) is 1.90. The fourth-order valence-electron chi connectivity index (χ4n) is 2.88.